The van der Waals surface area contributed by atoms with Crippen LogP contribution in [0.15, 0.2) is 72.1 Å². The summed E-state index contributed by atoms with van der Waals surface area (Å²) in [6.07, 6.45) is 1.40. The maximum atomic E-state index is 13.2. The Balaban J connectivity index is 1.82. The number of aromatic nitrogens is 2. The number of para-hydroxylation sites is 1. The zero-order chi connectivity index (χ0) is 20.5. The SMILES string of the molecule is CC1=C(C(=O)Nc2ccccc2)[C@H](c2ccc(Cl)cc2)n2ncc(C(N)=O)c2N1. The van der Waals surface area contributed by atoms with Gasteiger partial charge in [0.1, 0.15) is 17.4 Å². The first-order chi connectivity index (χ1) is 14.0. The summed E-state index contributed by atoms with van der Waals surface area (Å²) in [7, 11) is 0. The number of primary amides is 1. The number of nitrogens with zero attached hydrogens (tertiary/aromatic N) is 2. The average molecular weight is 408 g/mol. The van der Waals surface area contributed by atoms with Crippen LogP contribution in [0.1, 0.15) is 28.9 Å². The average Bonchev–Trinajstić information content (AvgIpc) is 3.12. The number of anilines is 2. The van der Waals surface area contributed by atoms with Gasteiger partial charge in [0.15, 0.2) is 0 Å². The van der Waals surface area contributed by atoms with E-state index in [0.29, 0.717) is 27.8 Å². The summed E-state index contributed by atoms with van der Waals surface area (Å²) in [5.74, 6) is -0.423. The molecule has 0 saturated carbocycles. The normalized spacial score (nSPS) is 15.4. The van der Waals surface area contributed by atoms with Crippen molar-refractivity contribution in [2.24, 2.45) is 5.73 Å². The maximum absolute atomic E-state index is 13.2. The lowest BCUT2D eigenvalue weighted by atomic mass is 9.94. The molecule has 4 rings (SSSR count). The second-order valence-corrected chi connectivity index (χ2v) is 7.09. The van der Waals surface area contributed by atoms with Crippen molar-refractivity contribution < 1.29 is 9.59 Å². The molecule has 1 atom stereocenters. The number of rotatable bonds is 4. The molecule has 0 unspecified atom stereocenters. The van der Waals surface area contributed by atoms with Crippen LogP contribution in [0.5, 0.6) is 0 Å². The highest BCUT2D eigenvalue weighted by Crippen LogP contribution is 2.37. The van der Waals surface area contributed by atoms with Crippen LogP contribution in [0.4, 0.5) is 11.5 Å². The van der Waals surface area contributed by atoms with Crippen LogP contribution in [0, 0.1) is 0 Å². The van der Waals surface area contributed by atoms with Crippen molar-refractivity contribution >= 4 is 34.9 Å². The molecule has 2 amide bonds. The van der Waals surface area contributed by atoms with E-state index in [1.54, 1.807) is 23.7 Å². The molecule has 0 aliphatic carbocycles. The van der Waals surface area contributed by atoms with Crippen LogP contribution in [-0.2, 0) is 4.79 Å². The maximum Gasteiger partial charge on any atom is 0.255 e. The van der Waals surface area contributed by atoms with Crippen LogP contribution < -0.4 is 16.4 Å². The standard InChI is InChI=1S/C21H18ClN5O2/c1-12-17(21(29)26-15-5-3-2-4-6-15)18(13-7-9-14(22)10-8-13)27-20(25-12)16(11-24-27)19(23)28/h2-11,18,25H,1H3,(H2,23,28)(H,26,29)/t18-/m0/s1. The Morgan fingerprint density at radius 3 is 2.48 bits per heavy atom. The van der Waals surface area contributed by atoms with E-state index in [9.17, 15) is 9.59 Å². The molecule has 2 aromatic carbocycles. The minimum atomic E-state index is -0.599. The molecule has 8 heteroatoms. The van der Waals surface area contributed by atoms with Gasteiger partial charge in [-0.3, -0.25) is 9.59 Å². The van der Waals surface area contributed by atoms with Gasteiger partial charge in [-0.15, -0.1) is 0 Å². The molecular formula is C21H18ClN5O2. The van der Waals surface area contributed by atoms with Gasteiger partial charge >= 0.3 is 0 Å². The molecule has 0 saturated heterocycles. The molecule has 7 nitrogen and oxygen atoms in total. The monoisotopic (exact) mass is 407 g/mol. The summed E-state index contributed by atoms with van der Waals surface area (Å²) in [6.45, 7) is 1.78. The van der Waals surface area contributed by atoms with Gasteiger partial charge < -0.3 is 16.4 Å². The Hall–Kier alpha value is -3.58. The number of nitrogens with one attached hydrogen (secondary N) is 2. The Kier molecular flexibility index (Phi) is 4.82. The first-order valence-electron chi connectivity index (χ1n) is 8.92. The van der Waals surface area contributed by atoms with Gasteiger partial charge in [-0.25, -0.2) is 4.68 Å². The Morgan fingerprint density at radius 1 is 1.14 bits per heavy atom. The minimum absolute atomic E-state index is 0.255. The van der Waals surface area contributed by atoms with E-state index < -0.39 is 11.9 Å². The molecule has 1 aliphatic rings. The lowest BCUT2D eigenvalue weighted by molar-refractivity contribution is -0.113. The van der Waals surface area contributed by atoms with Crippen molar-refractivity contribution in [3.63, 3.8) is 0 Å². The zero-order valence-electron chi connectivity index (χ0n) is 15.5. The molecule has 0 spiro atoms. The molecule has 0 fully saturated rings. The molecule has 2 heterocycles. The van der Waals surface area contributed by atoms with Crippen molar-refractivity contribution in [3.05, 3.63) is 88.2 Å². The summed E-state index contributed by atoms with van der Waals surface area (Å²) in [6, 6.07) is 15.8. The summed E-state index contributed by atoms with van der Waals surface area (Å²) >= 11 is 6.04. The predicted octanol–water partition coefficient (Wildman–Crippen LogP) is 3.56. The number of halogens is 1. The zero-order valence-corrected chi connectivity index (χ0v) is 16.3. The number of carbonyl (C=O) groups is 2. The first-order valence-corrected chi connectivity index (χ1v) is 9.30. The number of benzene rings is 2. The first kappa shape index (κ1) is 18.8. The van der Waals surface area contributed by atoms with Gasteiger partial charge in [0.2, 0.25) is 0 Å². The van der Waals surface area contributed by atoms with Crippen molar-refractivity contribution in [1.82, 2.24) is 9.78 Å². The van der Waals surface area contributed by atoms with Crippen LogP contribution in [-0.4, -0.2) is 21.6 Å². The Labute approximate surface area is 172 Å². The minimum Gasteiger partial charge on any atom is -0.365 e. The predicted molar refractivity (Wildman–Crippen MR) is 112 cm³/mol. The van der Waals surface area contributed by atoms with Gasteiger partial charge in [-0.2, -0.15) is 5.10 Å². The fourth-order valence-corrected chi connectivity index (χ4v) is 3.53. The summed E-state index contributed by atoms with van der Waals surface area (Å²) in [5, 5.41) is 10.9. The van der Waals surface area contributed by atoms with E-state index in [0.717, 1.165) is 5.56 Å². The number of amides is 2. The molecule has 1 aromatic heterocycles. The van der Waals surface area contributed by atoms with Gasteiger partial charge in [-0.1, -0.05) is 41.9 Å². The molecular weight excluding hydrogens is 390 g/mol. The van der Waals surface area contributed by atoms with Crippen LogP contribution in [0.25, 0.3) is 0 Å². The van der Waals surface area contributed by atoms with Gasteiger partial charge in [0.05, 0.1) is 11.8 Å². The van der Waals surface area contributed by atoms with E-state index in [4.69, 9.17) is 17.3 Å². The highest BCUT2D eigenvalue weighted by Gasteiger charge is 2.34. The number of fused-ring (bicyclic) bond motifs is 1. The number of carbonyl (C=O) groups excluding carboxylic acids is 2. The molecule has 3 aromatic rings. The third-order valence-electron chi connectivity index (χ3n) is 4.75. The largest absolute Gasteiger partial charge is 0.365 e. The Bertz CT molecular complexity index is 1120. The number of nitrogens with two attached hydrogens (primary N) is 1. The highest BCUT2D eigenvalue weighted by atomic mass is 35.5. The molecule has 0 radical (unpaired) electrons. The van der Waals surface area contributed by atoms with Crippen molar-refractivity contribution in [3.8, 4) is 0 Å². The topological polar surface area (TPSA) is 102 Å². The third-order valence-corrected chi connectivity index (χ3v) is 5.00. The third kappa shape index (κ3) is 3.48. The van der Waals surface area contributed by atoms with E-state index >= 15 is 0 Å². The summed E-state index contributed by atoms with van der Waals surface area (Å²) in [5.41, 5.74) is 8.30. The van der Waals surface area contributed by atoms with Gasteiger partial charge in [0, 0.05) is 16.4 Å². The summed E-state index contributed by atoms with van der Waals surface area (Å²) in [4.78, 5) is 25.0. The lowest BCUT2D eigenvalue weighted by Gasteiger charge is -2.30. The van der Waals surface area contributed by atoms with E-state index in [2.05, 4.69) is 15.7 Å². The van der Waals surface area contributed by atoms with Crippen molar-refractivity contribution in [2.75, 3.05) is 10.6 Å². The molecule has 1 aliphatic heterocycles. The van der Waals surface area contributed by atoms with Crippen LogP contribution in [0.2, 0.25) is 5.02 Å². The van der Waals surface area contributed by atoms with Gasteiger partial charge in [-0.05, 0) is 36.8 Å². The summed E-state index contributed by atoms with van der Waals surface area (Å²) < 4.78 is 1.59. The number of hydrogen-bond acceptors (Lipinski definition) is 4. The molecule has 0 bridgehead atoms. The highest BCUT2D eigenvalue weighted by molar-refractivity contribution is 6.30. The van der Waals surface area contributed by atoms with E-state index in [-0.39, 0.29) is 11.5 Å². The van der Waals surface area contributed by atoms with Crippen molar-refractivity contribution in [1.29, 1.82) is 0 Å². The second-order valence-electron chi connectivity index (χ2n) is 6.65. The fourth-order valence-electron chi connectivity index (χ4n) is 3.40. The molecule has 4 N–H and O–H groups in total. The fraction of sp³-hybridized carbons (Fsp3) is 0.0952. The Morgan fingerprint density at radius 2 is 1.83 bits per heavy atom. The second kappa shape index (κ2) is 7.44. The number of hydrogen-bond donors (Lipinski definition) is 3. The van der Waals surface area contributed by atoms with Gasteiger partial charge in [0.25, 0.3) is 11.8 Å². The molecule has 146 valence electrons. The number of allylic oxidation sites excluding steroid dienone is 1. The smallest absolute Gasteiger partial charge is 0.255 e. The van der Waals surface area contributed by atoms with E-state index in [1.165, 1.54) is 6.20 Å². The lowest BCUT2D eigenvalue weighted by Crippen LogP contribution is -2.32. The van der Waals surface area contributed by atoms with Crippen LogP contribution in [0.3, 0.4) is 0 Å². The van der Waals surface area contributed by atoms with E-state index in [1.807, 2.05) is 42.5 Å². The molecule has 29 heavy (non-hydrogen) atoms. The van der Waals surface area contributed by atoms with Crippen LogP contribution >= 0.6 is 11.6 Å². The quantitative estimate of drug-likeness (QED) is 0.615. The van der Waals surface area contributed by atoms with Crippen molar-refractivity contribution in [2.45, 2.75) is 13.0 Å².